The molecule has 1 atom stereocenters. The van der Waals surface area contributed by atoms with Gasteiger partial charge in [-0.25, -0.2) is 4.79 Å². The van der Waals surface area contributed by atoms with Gasteiger partial charge in [-0.2, -0.15) is 0 Å². The number of carboxylic acids is 1. The number of hydrogen-bond donors (Lipinski definition) is 1. The van der Waals surface area contributed by atoms with Crippen molar-refractivity contribution in [3.8, 4) is 0 Å². The normalized spacial score (nSPS) is 13.7. The maximum absolute atomic E-state index is 12.8. The number of fused-ring (bicyclic) bond motifs is 1. The fourth-order valence-corrected chi connectivity index (χ4v) is 3.25. The number of aliphatic carboxylic acids is 1. The van der Waals surface area contributed by atoms with Crippen LogP contribution in [0.3, 0.4) is 0 Å². The lowest BCUT2D eigenvalue weighted by Crippen LogP contribution is -2.42. The summed E-state index contributed by atoms with van der Waals surface area (Å²) in [6.07, 6.45) is -0.510. The molecule has 0 spiro atoms. The molecule has 1 aliphatic heterocycles. The zero-order chi connectivity index (χ0) is 21.0. The van der Waals surface area contributed by atoms with E-state index in [0.717, 1.165) is 10.5 Å². The molecule has 0 radical (unpaired) electrons. The molecule has 1 amide bonds. The highest BCUT2D eigenvalue weighted by Crippen LogP contribution is 2.33. The van der Waals surface area contributed by atoms with Crippen molar-refractivity contribution in [1.82, 2.24) is 4.90 Å². The van der Waals surface area contributed by atoms with Crippen LogP contribution >= 0.6 is 0 Å². The van der Waals surface area contributed by atoms with Gasteiger partial charge in [-0.1, -0.05) is 36.4 Å². The first kappa shape index (κ1) is 20.0. The first-order chi connectivity index (χ1) is 13.9. The van der Waals surface area contributed by atoms with E-state index in [4.69, 9.17) is 9.84 Å². The maximum atomic E-state index is 12.8. The average molecular weight is 398 g/mol. The van der Waals surface area contributed by atoms with Gasteiger partial charge in [0.05, 0.1) is 22.6 Å². The van der Waals surface area contributed by atoms with E-state index in [2.05, 4.69) is 0 Å². The van der Waals surface area contributed by atoms with Crippen LogP contribution in [0.25, 0.3) is 0 Å². The van der Waals surface area contributed by atoms with Crippen LogP contribution in [0.5, 0.6) is 0 Å². The number of carbonyl (C=O) groups is 3. The van der Waals surface area contributed by atoms with E-state index in [9.17, 15) is 24.5 Å². The Kier molecular flexibility index (Phi) is 5.87. The summed E-state index contributed by atoms with van der Waals surface area (Å²) in [5, 5.41) is 20.3. The molecule has 9 heteroatoms. The number of nitro benzene ring substituents is 1. The lowest BCUT2D eigenvalue weighted by atomic mass is 10.1. The predicted octanol–water partition coefficient (Wildman–Crippen LogP) is 2.53. The number of carbonyl (C=O) groups excluding carboxylic acids is 2. The first-order valence-electron chi connectivity index (χ1n) is 8.88. The SMILES string of the molecule is O=C(O)CCC(C(=O)OCc1ccccc1)N1Cc2c(cccc2[N+](=O)[O-])C1=O. The summed E-state index contributed by atoms with van der Waals surface area (Å²) in [6, 6.07) is 11.9. The topological polar surface area (TPSA) is 127 Å². The minimum Gasteiger partial charge on any atom is -0.481 e. The van der Waals surface area contributed by atoms with E-state index in [1.54, 1.807) is 24.3 Å². The van der Waals surface area contributed by atoms with Crippen LogP contribution < -0.4 is 0 Å². The third-order valence-electron chi connectivity index (χ3n) is 4.67. The summed E-state index contributed by atoms with van der Waals surface area (Å²) in [6.45, 7) is -0.186. The zero-order valence-electron chi connectivity index (χ0n) is 15.3. The van der Waals surface area contributed by atoms with Gasteiger partial charge >= 0.3 is 11.9 Å². The number of carboxylic acid groups (broad SMARTS) is 1. The summed E-state index contributed by atoms with van der Waals surface area (Å²) >= 11 is 0. The Morgan fingerprint density at radius 1 is 1.17 bits per heavy atom. The van der Waals surface area contributed by atoms with Gasteiger partial charge in [-0.3, -0.25) is 19.7 Å². The van der Waals surface area contributed by atoms with Crippen molar-refractivity contribution in [3.63, 3.8) is 0 Å². The highest BCUT2D eigenvalue weighted by atomic mass is 16.6. The number of rotatable bonds is 8. The summed E-state index contributed by atoms with van der Waals surface area (Å²) in [4.78, 5) is 48.3. The Morgan fingerprint density at radius 3 is 2.55 bits per heavy atom. The van der Waals surface area contributed by atoms with Crippen molar-refractivity contribution >= 4 is 23.5 Å². The molecule has 0 aliphatic carbocycles. The van der Waals surface area contributed by atoms with E-state index >= 15 is 0 Å². The van der Waals surface area contributed by atoms with E-state index in [-0.39, 0.29) is 42.8 Å². The number of hydrogen-bond acceptors (Lipinski definition) is 6. The van der Waals surface area contributed by atoms with Crippen molar-refractivity contribution in [2.24, 2.45) is 0 Å². The number of ether oxygens (including phenoxy) is 1. The van der Waals surface area contributed by atoms with Gasteiger partial charge in [0.2, 0.25) is 0 Å². The van der Waals surface area contributed by atoms with Gasteiger partial charge < -0.3 is 14.7 Å². The number of esters is 1. The van der Waals surface area contributed by atoms with E-state index in [0.29, 0.717) is 0 Å². The van der Waals surface area contributed by atoms with E-state index < -0.39 is 28.8 Å². The summed E-state index contributed by atoms with van der Waals surface area (Å²) in [5.41, 5.74) is 0.867. The standard InChI is InChI=1S/C20H18N2O7/c23-18(24)10-9-17(20(26)29-12-13-5-2-1-3-6-13)21-11-15-14(19(21)25)7-4-8-16(15)22(27)28/h1-8,17H,9-12H2,(H,23,24). The predicted molar refractivity (Wildman–Crippen MR) is 99.9 cm³/mol. The van der Waals surface area contributed by atoms with Crippen molar-refractivity contribution < 1.29 is 29.2 Å². The Balaban J connectivity index is 1.82. The first-order valence-corrected chi connectivity index (χ1v) is 8.88. The minimum atomic E-state index is -1.16. The van der Waals surface area contributed by atoms with E-state index in [1.165, 1.54) is 18.2 Å². The molecule has 1 unspecified atom stereocenters. The molecule has 9 nitrogen and oxygen atoms in total. The molecule has 0 saturated carbocycles. The second kappa shape index (κ2) is 8.51. The molecule has 1 aliphatic rings. The largest absolute Gasteiger partial charge is 0.481 e. The Bertz CT molecular complexity index is 959. The van der Waals surface area contributed by atoms with Crippen LogP contribution in [-0.4, -0.2) is 38.8 Å². The molecule has 2 aromatic carbocycles. The number of amides is 1. The molecule has 29 heavy (non-hydrogen) atoms. The monoisotopic (exact) mass is 398 g/mol. The van der Waals surface area contributed by atoms with Crippen molar-refractivity contribution in [2.75, 3.05) is 0 Å². The average Bonchev–Trinajstić information content (AvgIpc) is 3.03. The van der Waals surface area contributed by atoms with Crippen molar-refractivity contribution in [1.29, 1.82) is 0 Å². The molecular weight excluding hydrogens is 380 g/mol. The van der Waals surface area contributed by atoms with Crippen LogP contribution in [0.15, 0.2) is 48.5 Å². The lowest BCUT2D eigenvalue weighted by molar-refractivity contribution is -0.385. The summed E-state index contributed by atoms with van der Waals surface area (Å²) in [5.74, 6) is -2.43. The Hall–Kier alpha value is -3.75. The second-order valence-electron chi connectivity index (χ2n) is 6.53. The fraction of sp³-hybridized carbons (Fsp3) is 0.250. The highest BCUT2D eigenvalue weighted by molar-refractivity contribution is 6.01. The number of nitrogens with zero attached hydrogens (tertiary/aromatic N) is 2. The van der Waals surface area contributed by atoms with Gasteiger partial charge in [0.1, 0.15) is 12.6 Å². The second-order valence-corrected chi connectivity index (χ2v) is 6.53. The van der Waals surface area contributed by atoms with Crippen LogP contribution in [0.1, 0.15) is 34.3 Å². The van der Waals surface area contributed by atoms with Crippen molar-refractivity contribution in [3.05, 3.63) is 75.3 Å². The molecule has 150 valence electrons. The van der Waals surface area contributed by atoms with E-state index in [1.807, 2.05) is 6.07 Å². The Labute approximate surface area is 165 Å². The third kappa shape index (κ3) is 4.40. The van der Waals surface area contributed by atoms with Crippen LogP contribution in [0.2, 0.25) is 0 Å². The van der Waals surface area contributed by atoms with Crippen LogP contribution in [0.4, 0.5) is 5.69 Å². The molecule has 1 N–H and O–H groups in total. The van der Waals surface area contributed by atoms with Crippen molar-refractivity contribution in [2.45, 2.75) is 32.0 Å². The molecule has 0 bridgehead atoms. The minimum absolute atomic E-state index is 0.0294. The van der Waals surface area contributed by atoms with Gasteiger partial charge in [0.15, 0.2) is 0 Å². The number of benzene rings is 2. The molecule has 0 aromatic heterocycles. The lowest BCUT2D eigenvalue weighted by Gasteiger charge is -2.25. The fourth-order valence-electron chi connectivity index (χ4n) is 3.25. The summed E-state index contributed by atoms with van der Waals surface area (Å²) < 4.78 is 5.30. The van der Waals surface area contributed by atoms with Gasteiger partial charge in [0.25, 0.3) is 11.6 Å². The van der Waals surface area contributed by atoms with Gasteiger partial charge in [-0.05, 0) is 18.1 Å². The smallest absolute Gasteiger partial charge is 0.329 e. The highest BCUT2D eigenvalue weighted by Gasteiger charge is 2.40. The number of nitro groups is 1. The van der Waals surface area contributed by atoms with Gasteiger partial charge in [-0.15, -0.1) is 0 Å². The molecule has 0 saturated heterocycles. The van der Waals surface area contributed by atoms with Gasteiger partial charge in [0, 0.05) is 12.5 Å². The third-order valence-corrected chi connectivity index (χ3v) is 4.67. The molecule has 1 heterocycles. The summed E-state index contributed by atoms with van der Waals surface area (Å²) in [7, 11) is 0. The Morgan fingerprint density at radius 2 is 1.90 bits per heavy atom. The molecule has 2 aromatic rings. The van der Waals surface area contributed by atoms with Crippen LogP contribution in [0, 0.1) is 10.1 Å². The molecular formula is C20H18N2O7. The molecule has 3 rings (SSSR count). The quantitative estimate of drug-likeness (QED) is 0.411. The molecule has 0 fully saturated rings. The zero-order valence-corrected chi connectivity index (χ0v) is 15.3. The maximum Gasteiger partial charge on any atom is 0.329 e. The van der Waals surface area contributed by atoms with Crippen LogP contribution in [-0.2, 0) is 27.5 Å².